The molecule has 32 heavy (non-hydrogen) atoms. The Labute approximate surface area is 185 Å². The zero-order valence-electron chi connectivity index (χ0n) is 19.2. The number of hydrogen-bond acceptors (Lipinski definition) is 9. The van der Waals surface area contributed by atoms with Gasteiger partial charge >= 0.3 is 5.97 Å². The largest absolute Gasteiger partial charge is 0.493 e. The van der Waals surface area contributed by atoms with Crippen molar-refractivity contribution in [1.29, 1.82) is 0 Å². The standard InChI is InChI=1S/C22H28N4O6/c1-13(19-24-21(25-32-19)22(2,3)4)31-18(27)8-7-9-26-12-23-15-11-17(30-6)16(29-5)10-14(15)20(26)28/h10-13H,7-9H2,1-6H3. The molecule has 0 fully saturated rings. The van der Waals surface area contributed by atoms with Crippen LogP contribution in [0.4, 0.5) is 0 Å². The van der Waals surface area contributed by atoms with Gasteiger partial charge in [-0.1, -0.05) is 25.9 Å². The van der Waals surface area contributed by atoms with Crippen LogP contribution in [0.2, 0.25) is 0 Å². The fourth-order valence-corrected chi connectivity index (χ4v) is 3.05. The highest BCUT2D eigenvalue weighted by molar-refractivity contribution is 5.81. The summed E-state index contributed by atoms with van der Waals surface area (Å²) in [6.45, 7) is 7.89. The van der Waals surface area contributed by atoms with Crippen molar-refractivity contribution in [2.45, 2.75) is 58.6 Å². The third-order valence-electron chi connectivity index (χ3n) is 4.88. The monoisotopic (exact) mass is 444 g/mol. The van der Waals surface area contributed by atoms with E-state index >= 15 is 0 Å². The van der Waals surface area contributed by atoms with Gasteiger partial charge in [-0.05, 0) is 19.4 Å². The Hall–Kier alpha value is -3.43. The van der Waals surface area contributed by atoms with Crippen LogP contribution in [0.1, 0.15) is 58.4 Å². The van der Waals surface area contributed by atoms with Crippen molar-refractivity contribution in [1.82, 2.24) is 19.7 Å². The lowest BCUT2D eigenvalue weighted by Gasteiger charge is -2.12. The lowest BCUT2D eigenvalue weighted by Crippen LogP contribution is -2.21. The summed E-state index contributed by atoms with van der Waals surface area (Å²) in [5.41, 5.74) is 0.0199. The molecule has 1 aromatic carbocycles. The number of hydrogen-bond donors (Lipinski definition) is 0. The van der Waals surface area contributed by atoms with Gasteiger partial charge in [-0.3, -0.25) is 14.2 Å². The van der Waals surface area contributed by atoms with Crippen LogP contribution in [0.5, 0.6) is 11.5 Å². The number of rotatable bonds is 8. The third kappa shape index (κ3) is 5.06. The summed E-state index contributed by atoms with van der Waals surface area (Å²) in [6.07, 6.45) is 1.33. The van der Waals surface area contributed by atoms with Crippen molar-refractivity contribution < 1.29 is 23.5 Å². The molecule has 172 valence electrons. The minimum atomic E-state index is -0.654. The molecule has 3 aromatic rings. The van der Waals surface area contributed by atoms with Crippen LogP contribution in [0.3, 0.4) is 0 Å². The molecule has 0 aliphatic rings. The Morgan fingerprint density at radius 1 is 1.19 bits per heavy atom. The first-order valence-corrected chi connectivity index (χ1v) is 10.3. The van der Waals surface area contributed by atoms with E-state index in [-0.39, 0.29) is 23.3 Å². The van der Waals surface area contributed by atoms with Crippen molar-refractivity contribution in [3.05, 3.63) is 40.5 Å². The first-order valence-electron chi connectivity index (χ1n) is 10.3. The Morgan fingerprint density at radius 3 is 2.50 bits per heavy atom. The second-order valence-electron chi connectivity index (χ2n) is 8.41. The number of methoxy groups -OCH3 is 2. The van der Waals surface area contributed by atoms with Crippen molar-refractivity contribution in [3.63, 3.8) is 0 Å². The van der Waals surface area contributed by atoms with Crippen molar-refractivity contribution in [3.8, 4) is 11.5 Å². The number of ether oxygens (including phenoxy) is 3. The lowest BCUT2D eigenvalue weighted by molar-refractivity contribution is -0.149. The summed E-state index contributed by atoms with van der Waals surface area (Å²) in [5, 5.41) is 4.35. The van der Waals surface area contributed by atoms with Gasteiger partial charge in [0.1, 0.15) is 0 Å². The molecular formula is C22H28N4O6. The maximum Gasteiger partial charge on any atom is 0.306 e. The van der Waals surface area contributed by atoms with E-state index in [0.29, 0.717) is 41.2 Å². The van der Waals surface area contributed by atoms with Gasteiger partial charge in [-0.25, -0.2) is 4.98 Å². The average molecular weight is 444 g/mol. The molecule has 10 heteroatoms. The number of carbonyl (C=O) groups is 1. The molecular weight excluding hydrogens is 416 g/mol. The summed E-state index contributed by atoms with van der Waals surface area (Å²) in [6, 6.07) is 3.26. The number of aryl methyl sites for hydroxylation is 1. The van der Waals surface area contributed by atoms with Gasteiger partial charge in [0.25, 0.3) is 11.4 Å². The predicted molar refractivity (Wildman–Crippen MR) is 116 cm³/mol. The zero-order chi connectivity index (χ0) is 23.5. The summed E-state index contributed by atoms with van der Waals surface area (Å²) in [4.78, 5) is 33.6. The minimum absolute atomic E-state index is 0.126. The Balaban J connectivity index is 1.61. The van der Waals surface area contributed by atoms with Crippen LogP contribution in [-0.4, -0.2) is 39.9 Å². The van der Waals surface area contributed by atoms with E-state index in [1.165, 1.54) is 25.1 Å². The minimum Gasteiger partial charge on any atom is -0.493 e. The quantitative estimate of drug-likeness (QED) is 0.483. The van der Waals surface area contributed by atoms with E-state index in [1.54, 1.807) is 19.1 Å². The summed E-state index contributed by atoms with van der Waals surface area (Å²) in [5.74, 6) is 1.33. The second kappa shape index (κ2) is 9.37. The first-order chi connectivity index (χ1) is 15.1. The van der Waals surface area contributed by atoms with E-state index in [1.807, 2.05) is 20.8 Å². The molecule has 0 saturated heterocycles. The van der Waals surface area contributed by atoms with Crippen molar-refractivity contribution in [2.75, 3.05) is 14.2 Å². The Kier molecular flexibility index (Phi) is 6.81. The molecule has 0 saturated carbocycles. The molecule has 0 aliphatic carbocycles. The number of fused-ring (bicyclic) bond motifs is 1. The highest BCUT2D eigenvalue weighted by Gasteiger charge is 2.24. The maximum absolute atomic E-state index is 12.8. The number of carbonyl (C=O) groups excluding carboxylic acids is 1. The van der Waals surface area contributed by atoms with E-state index in [4.69, 9.17) is 18.7 Å². The molecule has 0 N–H and O–H groups in total. The number of benzene rings is 1. The molecule has 0 radical (unpaired) electrons. The maximum atomic E-state index is 12.8. The van der Waals surface area contributed by atoms with E-state index < -0.39 is 12.1 Å². The number of esters is 1. The van der Waals surface area contributed by atoms with Crippen LogP contribution in [0, 0.1) is 0 Å². The van der Waals surface area contributed by atoms with E-state index in [9.17, 15) is 9.59 Å². The highest BCUT2D eigenvalue weighted by Crippen LogP contribution is 2.29. The molecule has 10 nitrogen and oxygen atoms in total. The summed E-state index contributed by atoms with van der Waals surface area (Å²) in [7, 11) is 3.02. The number of aromatic nitrogens is 4. The number of nitrogens with zero attached hydrogens (tertiary/aromatic N) is 4. The molecule has 3 rings (SSSR count). The van der Waals surface area contributed by atoms with Crippen molar-refractivity contribution in [2.24, 2.45) is 0 Å². The Morgan fingerprint density at radius 2 is 1.88 bits per heavy atom. The smallest absolute Gasteiger partial charge is 0.306 e. The first kappa shape index (κ1) is 23.2. The van der Waals surface area contributed by atoms with Crippen molar-refractivity contribution >= 4 is 16.9 Å². The fraction of sp³-hybridized carbons (Fsp3) is 0.500. The third-order valence-corrected chi connectivity index (χ3v) is 4.88. The molecule has 2 heterocycles. The SMILES string of the molecule is COc1cc2ncn(CCCC(=O)OC(C)c3nc(C(C)(C)C)no3)c(=O)c2cc1OC. The molecule has 1 atom stereocenters. The molecule has 0 bridgehead atoms. The predicted octanol–water partition coefficient (Wildman–Crippen LogP) is 3.18. The van der Waals surface area contributed by atoms with E-state index in [2.05, 4.69) is 15.1 Å². The fourth-order valence-electron chi connectivity index (χ4n) is 3.05. The van der Waals surface area contributed by atoms with Crippen LogP contribution in [0.15, 0.2) is 27.8 Å². The molecule has 2 aromatic heterocycles. The highest BCUT2D eigenvalue weighted by atomic mass is 16.6. The molecule has 1 unspecified atom stereocenters. The van der Waals surface area contributed by atoms with Crippen LogP contribution < -0.4 is 15.0 Å². The van der Waals surface area contributed by atoms with Gasteiger partial charge in [-0.15, -0.1) is 0 Å². The second-order valence-corrected chi connectivity index (χ2v) is 8.41. The molecule has 0 aliphatic heterocycles. The van der Waals surface area contributed by atoms with Gasteiger partial charge < -0.3 is 18.7 Å². The van der Waals surface area contributed by atoms with E-state index in [0.717, 1.165) is 0 Å². The summed E-state index contributed by atoms with van der Waals surface area (Å²) >= 11 is 0. The van der Waals surface area contributed by atoms with Gasteiger partial charge in [0, 0.05) is 24.4 Å². The van der Waals surface area contributed by atoms with Gasteiger partial charge in [0.2, 0.25) is 0 Å². The summed E-state index contributed by atoms with van der Waals surface area (Å²) < 4.78 is 22.6. The van der Waals surface area contributed by atoms with Crippen LogP contribution in [-0.2, 0) is 21.5 Å². The van der Waals surface area contributed by atoms with Gasteiger partial charge in [-0.2, -0.15) is 4.98 Å². The van der Waals surface area contributed by atoms with Gasteiger partial charge in [0.05, 0.1) is 31.4 Å². The average Bonchev–Trinajstić information content (AvgIpc) is 3.25. The molecule has 0 amide bonds. The normalized spacial score (nSPS) is 12.6. The van der Waals surface area contributed by atoms with Gasteiger partial charge in [0.15, 0.2) is 23.4 Å². The van der Waals surface area contributed by atoms with Crippen LogP contribution >= 0.6 is 0 Å². The Bertz CT molecular complexity index is 1160. The van der Waals surface area contributed by atoms with Crippen LogP contribution in [0.25, 0.3) is 10.9 Å². The topological polar surface area (TPSA) is 119 Å². The lowest BCUT2D eigenvalue weighted by atomic mass is 9.96. The molecule has 0 spiro atoms. The zero-order valence-corrected chi connectivity index (χ0v) is 19.2.